The third-order valence-corrected chi connectivity index (χ3v) is 2.43. The minimum absolute atomic E-state index is 0.438. The van der Waals surface area contributed by atoms with Gasteiger partial charge in [-0.15, -0.1) is 0 Å². The van der Waals surface area contributed by atoms with E-state index < -0.39 is 0 Å². The molecule has 0 bridgehead atoms. The molecule has 0 aliphatic carbocycles. The number of hydrogen-bond acceptors (Lipinski definition) is 2. The summed E-state index contributed by atoms with van der Waals surface area (Å²) in [6, 6.07) is 0. The molecule has 1 rings (SSSR count). The molecule has 66 valence electrons. The Balaban J connectivity index is 2.21. The zero-order valence-corrected chi connectivity index (χ0v) is 7.60. The number of hydrogen-bond donors (Lipinski definition) is 1. The highest BCUT2D eigenvalue weighted by Crippen LogP contribution is 2.16. The summed E-state index contributed by atoms with van der Waals surface area (Å²) >= 11 is 0. The Kier molecular flexibility index (Phi) is 3.87. The largest absolute Gasteiger partial charge is 0.378 e. The van der Waals surface area contributed by atoms with Crippen LogP contribution >= 0.6 is 0 Å². The summed E-state index contributed by atoms with van der Waals surface area (Å²) in [5.74, 6) is 0.740. The molecule has 0 aromatic rings. The van der Waals surface area contributed by atoms with Crippen LogP contribution in [0.4, 0.5) is 0 Å². The first kappa shape index (κ1) is 9.01. The smallest absolute Gasteiger partial charge is 0.0587 e. The Morgan fingerprint density at radius 1 is 1.64 bits per heavy atom. The molecule has 1 N–H and O–H groups in total. The van der Waals surface area contributed by atoms with Crippen molar-refractivity contribution in [1.29, 1.82) is 0 Å². The fraction of sp³-hybridized carbons (Fsp3) is 1.00. The normalized spacial score (nSPS) is 28.4. The van der Waals surface area contributed by atoms with Crippen molar-refractivity contribution in [3.05, 3.63) is 0 Å². The number of nitrogens with one attached hydrogen (secondary N) is 1. The van der Waals surface area contributed by atoms with Gasteiger partial charge in [0.15, 0.2) is 0 Å². The monoisotopic (exact) mass is 157 g/mol. The summed E-state index contributed by atoms with van der Waals surface area (Å²) < 4.78 is 5.54. The standard InChI is InChI=1S/C9H19NO/c1-3-11-8(2)9-5-4-6-10-7-9/h8-10H,3-7H2,1-2H3/t8-,9-/m0/s1. The first-order valence-corrected chi connectivity index (χ1v) is 4.67. The molecule has 2 nitrogen and oxygen atoms in total. The number of ether oxygens (including phenoxy) is 1. The predicted octanol–water partition coefficient (Wildman–Crippen LogP) is 1.41. The van der Waals surface area contributed by atoms with Crippen molar-refractivity contribution in [2.24, 2.45) is 5.92 Å². The van der Waals surface area contributed by atoms with Crippen molar-refractivity contribution in [2.45, 2.75) is 32.8 Å². The van der Waals surface area contributed by atoms with E-state index in [0.29, 0.717) is 6.10 Å². The zero-order chi connectivity index (χ0) is 8.10. The van der Waals surface area contributed by atoms with Gasteiger partial charge in [0.2, 0.25) is 0 Å². The number of rotatable bonds is 3. The van der Waals surface area contributed by atoms with Crippen LogP contribution in [0.5, 0.6) is 0 Å². The van der Waals surface area contributed by atoms with Crippen molar-refractivity contribution < 1.29 is 4.74 Å². The summed E-state index contributed by atoms with van der Waals surface area (Å²) in [6.07, 6.45) is 3.07. The van der Waals surface area contributed by atoms with E-state index in [9.17, 15) is 0 Å². The predicted molar refractivity (Wildman–Crippen MR) is 46.7 cm³/mol. The molecule has 1 fully saturated rings. The van der Waals surface area contributed by atoms with E-state index in [2.05, 4.69) is 19.2 Å². The van der Waals surface area contributed by atoms with Crippen LogP contribution < -0.4 is 5.32 Å². The van der Waals surface area contributed by atoms with Gasteiger partial charge in [0.1, 0.15) is 0 Å². The van der Waals surface area contributed by atoms with Crippen molar-refractivity contribution in [3.63, 3.8) is 0 Å². The molecule has 0 spiro atoms. The second-order valence-corrected chi connectivity index (χ2v) is 3.27. The molecule has 0 amide bonds. The van der Waals surface area contributed by atoms with E-state index >= 15 is 0 Å². The first-order valence-electron chi connectivity index (χ1n) is 4.67. The molecule has 0 unspecified atom stereocenters. The van der Waals surface area contributed by atoms with E-state index in [1.165, 1.54) is 19.4 Å². The maximum atomic E-state index is 5.54. The fourth-order valence-corrected chi connectivity index (χ4v) is 1.68. The quantitative estimate of drug-likeness (QED) is 0.669. The molecule has 0 saturated carbocycles. The molecule has 1 aliphatic heterocycles. The van der Waals surface area contributed by atoms with E-state index in [0.717, 1.165) is 19.1 Å². The van der Waals surface area contributed by atoms with Gasteiger partial charge < -0.3 is 10.1 Å². The summed E-state index contributed by atoms with van der Waals surface area (Å²) in [6.45, 7) is 7.42. The number of piperidine rings is 1. The summed E-state index contributed by atoms with van der Waals surface area (Å²) in [4.78, 5) is 0. The van der Waals surface area contributed by atoms with Crippen LogP contribution in [0.15, 0.2) is 0 Å². The molecule has 0 aromatic carbocycles. The molecular weight excluding hydrogens is 138 g/mol. The zero-order valence-electron chi connectivity index (χ0n) is 7.60. The van der Waals surface area contributed by atoms with Gasteiger partial charge in [-0.3, -0.25) is 0 Å². The van der Waals surface area contributed by atoms with E-state index in [4.69, 9.17) is 4.74 Å². The van der Waals surface area contributed by atoms with Gasteiger partial charge in [-0.05, 0) is 39.2 Å². The van der Waals surface area contributed by atoms with Crippen molar-refractivity contribution in [1.82, 2.24) is 5.32 Å². The lowest BCUT2D eigenvalue weighted by atomic mass is 9.95. The van der Waals surface area contributed by atoms with E-state index in [1.807, 2.05) is 0 Å². The van der Waals surface area contributed by atoms with Gasteiger partial charge >= 0.3 is 0 Å². The van der Waals surface area contributed by atoms with Gasteiger partial charge in [-0.1, -0.05) is 0 Å². The van der Waals surface area contributed by atoms with Gasteiger partial charge in [0.25, 0.3) is 0 Å². The molecule has 0 aromatic heterocycles. The highest BCUT2D eigenvalue weighted by Gasteiger charge is 2.19. The highest BCUT2D eigenvalue weighted by atomic mass is 16.5. The van der Waals surface area contributed by atoms with Crippen molar-refractivity contribution in [2.75, 3.05) is 19.7 Å². The summed E-state index contributed by atoms with van der Waals surface area (Å²) in [7, 11) is 0. The Morgan fingerprint density at radius 2 is 2.45 bits per heavy atom. The van der Waals surface area contributed by atoms with Gasteiger partial charge in [-0.25, -0.2) is 0 Å². The van der Waals surface area contributed by atoms with E-state index in [-0.39, 0.29) is 0 Å². The van der Waals surface area contributed by atoms with E-state index in [1.54, 1.807) is 0 Å². The van der Waals surface area contributed by atoms with Crippen LogP contribution in [-0.2, 0) is 4.74 Å². The first-order chi connectivity index (χ1) is 5.34. The lowest BCUT2D eigenvalue weighted by Gasteiger charge is -2.27. The fourth-order valence-electron chi connectivity index (χ4n) is 1.68. The molecule has 0 radical (unpaired) electrons. The van der Waals surface area contributed by atoms with Crippen LogP contribution in [0.2, 0.25) is 0 Å². The summed E-state index contributed by atoms with van der Waals surface area (Å²) in [5.41, 5.74) is 0. The lowest BCUT2D eigenvalue weighted by molar-refractivity contribution is 0.0249. The molecule has 11 heavy (non-hydrogen) atoms. The van der Waals surface area contributed by atoms with Crippen LogP contribution in [0.3, 0.4) is 0 Å². The maximum absolute atomic E-state index is 5.54. The minimum atomic E-state index is 0.438. The molecule has 2 atom stereocenters. The van der Waals surface area contributed by atoms with Crippen LogP contribution in [-0.4, -0.2) is 25.8 Å². The van der Waals surface area contributed by atoms with Crippen LogP contribution in [0.25, 0.3) is 0 Å². The third-order valence-electron chi connectivity index (χ3n) is 2.43. The summed E-state index contributed by atoms with van der Waals surface area (Å²) in [5, 5.41) is 3.39. The SMILES string of the molecule is CCO[C@@H](C)[C@H]1CCCNC1. The average molecular weight is 157 g/mol. The second-order valence-electron chi connectivity index (χ2n) is 3.27. The minimum Gasteiger partial charge on any atom is -0.378 e. The second kappa shape index (κ2) is 4.73. The highest BCUT2D eigenvalue weighted by molar-refractivity contribution is 4.73. The van der Waals surface area contributed by atoms with Crippen molar-refractivity contribution >= 4 is 0 Å². The molecular formula is C9H19NO. The molecule has 1 saturated heterocycles. The molecule has 2 heteroatoms. The van der Waals surface area contributed by atoms with Crippen molar-refractivity contribution in [3.8, 4) is 0 Å². The Bertz CT molecular complexity index is 99.7. The third kappa shape index (κ3) is 2.80. The Hall–Kier alpha value is -0.0800. The molecule has 1 aliphatic rings. The Labute approximate surface area is 69.3 Å². The molecule has 1 heterocycles. The lowest BCUT2D eigenvalue weighted by Crippen LogP contribution is -2.36. The average Bonchev–Trinajstić information content (AvgIpc) is 2.07. The van der Waals surface area contributed by atoms with Gasteiger partial charge in [0, 0.05) is 13.2 Å². The Morgan fingerprint density at radius 3 is 3.00 bits per heavy atom. The maximum Gasteiger partial charge on any atom is 0.0587 e. The van der Waals surface area contributed by atoms with Gasteiger partial charge in [-0.2, -0.15) is 0 Å². The van der Waals surface area contributed by atoms with Crippen LogP contribution in [0, 0.1) is 5.92 Å². The van der Waals surface area contributed by atoms with Gasteiger partial charge in [0.05, 0.1) is 6.10 Å². The van der Waals surface area contributed by atoms with Crippen LogP contribution in [0.1, 0.15) is 26.7 Å². The topological polar surface area (TPSA) is 21.3 Å².